The van der Waals surface area contributed by atoms with Gasteiger partial charge in [-0.25, -0.2) is 4.79 Å². The maximum atomic E-state index is 11.6. The number of benzene rings is 1. The summed E-state index contributed by atoms with van der Waals surface area (Å²) in [4.78, 5) is 11.6. The third-order valence-electron chi connectivity index (χ3n) is 2.45. The van der Waals surface area contributed by atoms with Crippen LogP contribution < -0.4 is 4.74 Å². The smallest absolute Gasteiger partial charge is 0.338 e. The molecule has 0 amide bonds. The van der Waals surface area contributed by atoms with Crippen LogP contribution in [0.4, 0.5) is 0 Å². The highest BCUT2D eigenvalue weighted by molar-refractivity contribution is 5.89. The van der Waals surface area contributed by atoms with Crippen LogP contribution in [0.2, 0.25) is 0 Å². The van der Waals surface area contributed by atoms with Crippen molar-refractivity contribution in [3.8, 4) is 5.75 Å². The molecule has 1 aromatic rings. The Labute approximate surface area is 124 Å². The molecule has 0 aliphatic heterocycles. The monoisotopic (exact) mass is 298 g/mol. The minimum atomic E-state index is -0.361. The van der Waals surface area contributed by atoms with Crippen molar-refractivity contribution in [2.75, 3.05) is 46.2 Å². The first-order valence-electron chi connectivity index (χ1n) is 6.94. The van der Waals surface area contributed by atoms with Crippen molar-refractivity contribution in [3.05, 3.63) is 29.8 Å². The molecule has 0 aliphatic carbocycles. The fourth-order valence-electron chi connectivity index (χ4n) is 1.53. The van der Waals surface area contributed by atoms with Gasteiger partial charge in [-0.2, -0.15) is 0 Å². The van der Waals surface area contributed by atoms with E-state index in [2.05, 4.69) is 0 Å². The van der Waals surface area contributed by atoms with Crippen molar-refractivity contribution in [1.29, 1.82) is 0 Å². The van der Waals surface area contributed by atoms with E-state index in [9.17, 15) is 4.79 Å². The normalized spacial score (nSPS) is 10.4. The fraction of sp³-hybridized carbons (Fsp3) is 0.533. The number of rotatable bonds is 11. The predicted molar refractivity (Wildman–Crippen MR) is 76.6 cm³/mol. The van der Waals surface area contributed by atoms with E-state index in [1.807, 2.05) is 0 Å². The number of aliphatic hydroxyl groups is 1. The lowest BCUT2D eigenvalue weighted by atomic mass is 10.2. The Morgan fingerprint density at radius 2 is 1.81 bits per heavy atom. The third kappa shape index (κ3) is 7.65. The Bertz CT molecular complexity index is 407. The largest absolute Gasteiger partial charge is 0.491 e. The number of hydrogen-bond donors (Lipinski definition) is 1. The Hall–Kier alpha value is -1.63. The van der Waals surface area contributed by atoms with Crippen LogP contribution in [0.1, 0.15) is 17.3 Å². The quantitative estimate of drug-likeness (QED) is 0.490. The number of aliphatic hydroxyl groups excluding tert-OH is 1. The van der Waals surface area contributed by atoms with Crippen molar-refractivity contribution in [1.82, 2.24) is 0 Å². The van der Waals surface area contributed by atoms with Gasteiger partial charge < -0.3 is 24.1 Å². The molecule has 0 radical (unpaired) electrons. The van der Waals surface area contributed by atoms with Crippen molar-refractivity contribution < 1.29 is 28.8 Å². The van der Waals surface area contributed by atoms with E-state index in [-0.39, 0.29) is 12.6 Å². The molecule has 6 heteroatoms. The van der Waals surface area contributed by atoms with Crippen LogP contribution in [0, 0.1) is 0 Å². The zero-order chi connectivity index (χ0) is 15.3. The lowest BCUT2D eigenvalue weighted by Crippen LogP contribution is -2.12. The number of esters is 1. The molecule has 6 nitrogen and oxygen atoms in total. The van der Waals surface area contributed by atoms with E-state index in [4.69, 9.17) is 24.1 Å². The number of ether oxygens (including phenoxy) is 4. The zero-order valence-corrected chi connectivity index (χ0v) is 12.2. The van der Waals surface area contributed by atoms with E-state index in [0.717, 1.165) is 0 Å². The molecule has 0 unspecified atom stereocenters. The molecule has 0 heterocycles. The molecular weight excluding hydrogens is 276 g/mol. The molecule has 0 aromatic heterocycles. The van der Waals surface area contributed by atoms with E-state index in [0.29, 0.717) is 51.0 Å². The molecule has 118 valence electrons. The molecule has 1 N–H and O–H groups in total. The van der Waals surface area contributed by atoms with Gasteiger partial charge in [-0.05, 0) is 25.1 Å². The molecule has 0 saturated carbocycles. The minimum Gasteiger partial charge on any atom is -0.491 e. The van der Waals surface area contributed by atoms with E-state index in [1.54, 1.807) is 31.2 Å². The number of carbonyl (C=O) groups excluding carboxylic acids is 1. The number of carbonyl (C=O) groups is 1. The molecule has 0 aliphatic rings. The average Bonchev–Trinajstić information content (AvgIpc) is 2.50. The third-order valence-corrected chi connectivity index (χ3v) is 2.45. The summed E-state index contributed by atoms with van der Waals surface area (Å²) in [6, 6.07) is 6.83. The SMILES string of the molecule is CCOC(=O)c1cccc(OCCOCCOCCO)c1. The van der Waals surface area contributed by atoms with Gasteiger partial charge >= 0.3 is 5.97 Å². The van der Waals surface area contributed by atoms with E-state index < -0.39 is 0 Å². The van der Waals surface area contributed by atoms with Crippen molar-refractivity contribution in [3.63, 3.8) is 0 Å². The Morgan fingerprint density at radius 1 is 1.10 bits per heavy atom. The van der Waals surface area contributed by atoms with Crippen LogP contribution in [-0.2, 0) is 14.2 Å². The average molecular weight is 298 g/mol. The summed E-state index contributed by atoms with van der Waals surface area (Å²) >= 11 is 0. The molecule has 1 aromatic carbocycles. The maximum absolute atomic E-state index is 11.6. The number of hydrogen-bond acceptors (Lipinski definition) is 6. The van der Waals surface area contributed by atoms with Gasteiger partial charge in [0.25, 0.3) is 0 Å². The summed E-state index contributed by atoms with van der Waals surface area (Å²) in [6.07, 6.45) is 0. The van der Waals surface area contributed by atoms with Gasteiger partial charge in [-0.3, -0.25) is 0 Å². The first-order valence-corrected chi connectivity index (χ1v) is 6.94. The summed E-state index contributed by atoms with van der Waals surface area (Å²) < 4.78 is 20.8. The molecule has 1 rings (SSSR count). The summed E-state index contributed by atoms with van der Waals surface area (Å²) in [7, 11) is 0. The van der Waals surface area contributed by atoms with Gasteiger partial charge in [0, 0.05) is 0 Å². The van der Waals surface area contributed by atoms with Gasteiger partial charge in [0.05, 0.1) is 45.2 Å². The van der Waals surface area contributed by atoms with Crippen LogP contribution in [0.3, 0.4) is 0 Å². The lowest BCUT2D eigenvalue weighted by Gasteiger charge is -2.08. The second-order valence-electron chi connectivity index (χ2n) is 4.05. The molecular formula is C15H22O6. The van der Waals surface area contributed by atoms with Crippen LogP contribution in [-0.4, -0.2) is 57.3 Å². The van der Waals surface area contributed by atoms with Crippen LogP contribution in [0.15, 0.2) is 24.3 Å². The van der Waals surface area contributed by atoms with Gasteiger partial charge in [-0.1, -0.05) is 6.07 Å². The van der Waals surface area contributed by atoms with Gasteiger partial charge in [-0.15, -0.1) is 0 Å². The first kappa shape index (κ1) is 17.4. The van der Waals surface area contributed by atoms with Crippen LogP contribution in [0.25, 0.3) is 0 Å². The second-order valence-corrected chi connectivity index (χ2v) is 4.05. The van der Waals surface area contributed by atoms with Gasteiger partial charge in [0.15, 0.2) is 0 Å². The maximum Gasteiger partial charge on any atom is 0.338 e. The minimum absolute atomic E-state index is 0.0138. The molecule has 0 bridgehead atoms. The van der Waals surface area contributed by atoms with Crippen molar-refractivity contribution in [2.24, 2.45) is 0 Å². The van der Waals surface area contributed by atoms with Crippen molar-refractivity contribution in [2.45, 2.75) is 6.92 Å². The summed E-state index contributed by atoms with van der Waals surface area (Å²) in [5.74, 6) is 0.237. The Morgan fingerprint density at radius 3 is 2.52 bits per heavy atom. The highest BCUT2D eigenvalue weighted by atomic mass is 16.5. The molecule has 0 fully saturated rings. The highest BCUT2D eigenvalue weighted by Crippen LogP contribution is 2.14. The summed E-state index contributed by atoms with van der Waals surface area (Å²) in [5, 5.41) is 8.51. The first-order chi connectivity index (χ1) is 10.3. The summed E-state index contributed by atoms with van der Waals surface area (Å²) in [5.41, 5.74) is 0.465. The highest BCUT2D eigenvalue weighted by Gasteiger charge is 2.07. The Balaban J connectivity index is 2.20. The predicted octanol–water partition coefficient (Wildman–Crippen LogP) is 1.27. The van der Waals surface area contributed by atoms with E-state index >= 15 is 0 Å². The topological polar surface area (TPSA) is 74.2 Å². The van der Waals surface area contributed by atoms with Crippen LogP contribution >= 0.6 is 0 Å². The standard InChI is InChI=1S/C15H22O6/c1-2-20-15(17)13-4-3-5-14(12-13)21-11-10-19-9-8-18-7-6-16/h3-5,12,16H,2,6-11H2,1H3. The molecule has 0 spiro atoms. The fourth-order valence-corrected chi connectivity index (χ4v) is 1.53. The molecule has 21 heavy (non-hydrogen) atoms. The summed E-state index contributed by atoms with van der Waals surface area (Å²) in [6.45, 7) is 4.14. The van der Waals surface area contributed by atoms with Gasteiger partial charge in [0.1, 0.15) is 12.4 Å². The Kier molecular flexibility index (Phi) is 9.19. The molecule has 0 atom stereocenters. The molecule has 0 saturated heterocycles. The lowest BCUT2D eigenvalue weighted by molar-refractivity contribution is 0.0247. The van der Waals surface area contributed by atoms with E-state index in [1.165, 1.54) is 0 Å². The van der Waals surface area contributed by atoms with Crippen LogP contribution in [0.5, 0.6) is 5.75 Å². The van der Waals surface area contributed by atoms with Crippen molar-refractivity contribution >= 4 is 5.97 Å². The van der Waals surface area contributed by atoms with Gasteiger partial charge in [0.2, 0.25) is 0 Å². The zero-order valence-electron chi connectivity index (χ0n) is 12.2. The second kappa shape index (κ2) is 11.1.